The molecule has 0 amide bonds. The van der Waals surface area contributed by atoms with Crippen molar-refractivity contribution in [3.05, 3.63) is 79.0 Å². The quantitative estimate of drug-likeness (QED) is 0.373. The molecule has 0 aliphatic carbocycles. The van der Waals surface area contributed by atoms with Crippen LogP contribution in [0.5, 0.6) is 0 Å². The number of anilines is 5. The summed E-state index contributed by atoms with van der Waals surface area (Å²) < 4.78 is 19.2. The molecule has 2 aromatic carbocycles. The van der Waals surface area contributed by atoms with Crippen LogP contribution in [-0.2, 0) is 0 Å². The lowest BCUT2D eigenvalue weighted by Crippen LogP contribution is -2.04. The predicted octanol–water partition coefficient (Wildman–Crippen LogP) is 4.98. The van der Waals surface area contributed by atoms with Gasteiger partial charge in [-0.15, -0.1) is 0 Å². The standard InChI is InChI=1S/C20H18FN7S/c1-29-27-18-9-3-2-8-17(18)25-19-16(21)13-22-20(26-19)24-14-6-4-7-15(12-14)28-11-5-10-23-28/h2-13,27H,1H3,(H2,22,24,25,26). The first-order valence-electron chi connectivity index (χ1n) is 8.77. The van der Waals surface area contributed by atoms with Gasteiger partial charge in [-0.1, -0.05) is 30.1 Å². The van der Waals surface area contributed by atoms with Crippen LogP contribution in [0.25, 0.3) is 5.69 Å². The number of nitrogens with zero attached hydrogens (tertiary/aromatic N) is 4. The van der Waals surface area contributed by atoms with Crippen molar-refractivity contribution in [3.63, 3.8) is 0 Å². The molecule has 0 unspecified atom stereocenters. The Labute approximate surface area is 171 Å². The SMILES string of the molecule is CSNc1ccccc1Nc1nc(Nc2cccc(-n3cccn3)c2)ncc1F. The maximum absolute atomic E-state index is 14.3. The maximum Gasteiger partial charge on any atom is 0.229 e. The molecule has 0 fully saturated rings. The number of para-hydroxylation sites is 2. The Kier molecular flexibility index (Phi) is 5.57. The molecule has 146 valence electrons. The topological polar surface area (TPSA) is 79.7 Å². The average Bonchev–Trinajstić information content (AvgIpc) is 3.27. The van der Waals surface area contributed by atoms with E-state index in [1.807, 2.05) is 67.0 Å². The van der Waals surface area contributed by atoms with Crippen molar-refractivity contribution in [2.45, 2.75) is 0 Å². The summed E-state index contributed by atoms with van der Waals surface area (Å²) in [6.45, 7) is 0. The molecule has 0 radical (unpaired) electrons. The number of hydrogen-bond donors (Lipinski definition) is 3. The van der Waals surface area contributed by atoms with Crippen LogP contribution in [0.3, 0.4) is 0 Å². The normalized spacial score (nSPS) is 10.6. The molecule has 0 saturated carbocycles. The monoisotopic (exact) mass is 407 g/mol. The zero-order valence-corrected chi connectivity index (χ0v) is 16.3. The number of hydrogen-bond acceptors (Lipinski definition) is 7. The molecule has 7 nitrogen and oxygen atoms in total. The van der Waals surface area contributed by atoms with Gasteiger partial charge in [0.05, 0.1) is 23.3 Å². The van der Waals surface area contributed by atoms with Crippen molar-refractivity contribution in [2.24, 2.45) is 0 Å². The Morgan fingerprint density at radius 3 is 2.66 bits per heavy atom. The first-order chi connectivity index (χ1) is 14.2. The fraction of sp³-hybridized carbons (Fsp3) is 0.0500. The molecule has 0 bridgehead atoms. The lowest BCUT2D eigenvalue weighted by molar-refractivity contribution is 0.619. The van der Waals surface area contributed by atoms with Crippen molar-refractivity contribution >= 4 is 40.8 Å². The van der Waals surface area contributed by atoms with Gasteiger partial charge in [0.1, 0.15) is 0 Å². The van der Waals surface area contributed by atoms with Gasteiger partial charge in [0, 0.05) is 24.3 Å². The van der Waals surface area contributed by atoms with E-state index in [0.717, 1.165) is 23.3 Å². The smallest absolute Gasteiger partial charge is 0.229 e. The number of halogens is 1. The third-order valence-corrected chi connectivity index (χ3v) is 4.43. The van der Waals surface area contributed by atoms with Crippen LogP contribution >= 0.6 is 11.9 Å². The van der Waals surface area contributed by atoms with Gasteiger partial charge in [-0.25, -0.2) is 14.1 Å². The molecule has 0 aliphatic heterocycles. The van der Waals surface area contributed by atoms with Crippen molar-refractivity contribution in [1.82, 2.24) is 19.7 Å². The van der Waals surface area contributed by atoms with Crippen LogP contribution in [-0.4, -0.2) is 26.0 Å². The molecule has 0 aliphatic rings. The van der Waals surface area contributed by atoms with Gasteiger partial charge < -0.3 is 15.4 Å². The molecule has 4 aromatic rings. The van der Waals surface area contributed by atoms with E-state index < -0.39 is 5.82 Å². The first kappa shape index (κ1) is 18.8. The minimum Gasteiger partial charge on any atom is -0.336 e. The van der Waals surface area contributed by atoms with Gasteiger partial charge in [0.15, 0.2) is 11.6 Å². The second kappa shape index (κ2) is 8.61. The van der Waals surface area contributed by atoms with Crippen molar-refractivity contribution in [1.29, 1.82) is 0 Å². The Morgan fingerprint density at radius 1 is 1.00 bits per heavy atom. The van der Waals surface area contributed by atoms with Gasteiger partial charge in [-0.2, -0.15) is 10.1 Å². The van der Waals surface area contributed by atoms with E-state index in [1.165, 1.54) is 11.9 Å². The van der Waals surface area contributed by atoms with Crippen LogP contribution in [0.2, 0.25) is 0 Å². The van der Waals surface area contributed by atoms with Crippen LogP contribution in [0.1, 0.15) is 0 Å². The molecular formula is C20H18FN7S. The summed E-state index contributed by atoms with van der Waals surface area (Å²) in [6, 6.07) is 17.0. The second-order valence-corrected chi connectivity index (χ2v) is 6.61. The van der Waals surface area contributed by atoms with Gasteiger partial charge in [-0.05, 0) is 36.4 Å². The molecule has 29 heavy (non-hydrogen) atoms. The average molecular weight is 407 g/mol. The highest BCUT2D eigenvalue weighted by molar-refractivity contribution is 7.99. The zero-order valence-electron chi connectivity index (χ0n) is 15.5. The summed E-state index contributed by atoms with van der Waals surface area (Å²) in [4.78, 5) is 8.34. The molecule has 0 atom stereocenters. The summed E-state index contributed by atoms with van der Waals surface area (Å²) in [5.41, 5.74) is 3.20. The predicted molar refractivity (Wildman–Crippen MR) is 116 cm³/mol. The molecule has 2 heterocycles. The van der Waals surface area contributed by atoms with E-state index in [-0.39, 0.29) is 11.8 Å². The Hall–Kier alpha value is -3.59. The van der Waals surface area contributed by atoms with E-state index in [9.17, 15) is 4.39 Å². The maximum atomic E-state index is 14.3. The van der Waals surface area contributed by atoms with Crippen LogP contribution in [0.4, 0.5) is 33.2 Å². The van der Waals surface area contributed by atoms with E-state index >= 15 is 0 Å². The van der Waals surface area contributed by atoms with Gasteiger partial charge in [-0.3, -0.25) is 0 Å². The lowest BCUT2D eigenvalue weighted by Gasteiger charge is -2.13. The van der Waals surface area contributed by atoms with Crippen molar-refractivity contribution in [3.8, 4) is 5.69 Å². The molecule has 3 N–H and O–H groups in total. The highest BCUT2D eigenvalue weighted by Gasteiger charge is 2.10. The summed E-state index contributed by atoms with van der Waals surface area (Å²) in [5, 5.41) is 10.4. The highest BCUT2D eigenvalue weighted by atomic mass is 32.2. The molecular weight excluding hydrogens is 389 g/mol. The Balaban J connectivity index is 1.57. The van der Waals surface area contributed by atoms with Crippen LogP contribution in [0.15, 0.2) is 73.2 Å². The molecule has 4 rings (SSSR count). The fourth-order valence-corrected chi connectivity index (χ4v) is 3.11. The summed E-state index contributed by atoms with van der Waals surface area (Å²) in [5.74, 6) is -0.178. The Bertz CT molecular complexity index is 1100. The number of benzene rings is 2. The molecule has 0 saturated heterocycles. The van der Waals surface area contributed by atoms with Gasteiger partial charge >= 0.3 is 0 Å². The Morgan fingerprint density at radius 2 is 1.86 bits per heavy atom. The van der Waals surface area contributed by atoms with E-state index in [2.05, 4.69) is 30.4 Å². The molecule has 2 aromatic heterocycles. The third-order valence-electron chi connectivity index (χ3n) is 4.01. The molecule has 0 spiro atoms. The van der Waals surface area contributed by atoms with Crippen molar-refractivity contribution < 1.29 is 4.39 Å². The van der Waals surface area contributed by atoms with E-state index in [1.54, 1.807) is 10.9 Å². The minimum atomic E-state index is -0.542. The zero-order chi connectivity index (χ0) is 20.1. The minimum absolute atomic E-state index is 0.0843. The molecule has 9 heteroatoms. The van der Waals surface area contributed by atoms with Crippen LogP contribution < -0.4 is 15.4 Å². The fourth-order valence-electron chi connectivity index (χ4n) is 2.71. The number of aromatic nitrogens is 4. The second-order valence-electron chi connectivity index (χ2n) is 5.99. The third kappa shape index (κ3) is 4.46. The summed E-state index contributed by atoms with van der Waals surface area (Å²) in [6.07, 6.45) is 6.63. The lowest BCUT2D eigenvalue weighted by atomic mass is 10.2. The summed E-state index contributed by atoms with van der Waals surface area (Å²) >= 11 is 1.45. The largest absolute Gasteiger partial charge is 0.336 e. The highest BCUT2D eigenvalue weighted by Crippen LogP contribution is 2.28. The van der Waals surface area contributed by atoms with Crippen LogP contribution in [0, 0.1) is 5.82 Å². The van der Waals surface area contributed by atoms with E-state index in [4.69, 9.17) is 0 Å². The van der Waals surface area contributed by atoms with Crippen molar-refractivity contribution in [2.75, 3.05) is 21.6 Å². The van der Waals surface area contributed by atoms with Gasteiger partial charge in [0.25, 0.3) is 0 Å². The summed E-state index contributed by atoms with van der Waals surface area (Å²) in [7, 11) is 0. The van der Waals surface area contributed by atoms with Gasteiger partial charge in [0.2, 0.25) is 5.95 Å². The first-order valence-corrected chi connectivity index (χ1v) is 10.00. The van der Waals surface area contributed by atoms with E-state index in [0.29, 0.717) is 5.69 Å². The number of rotatable bonds is 7. The number of nitrogens with one attached hydrogen (secondary N) is 3.